The normalized spacial score (nSPS) is 10.1. The predicted molar refractivity (Wildman–Crippen MR) is 67.9 cm³/mol. The third-order valence-corrected chi connectivity index (χ3v) is 3.49. The Balaban J connectivity index is 2.35. The number of carbonyl (C=O) groups is 1. The Labute approximate surface area is 98.9 Å². The lowest BCUT2D eigenvalue weighted by molar-refractivity contribution is 0.0967. The van der Waals surface area contributed by atoms with Gasteiger partial charge in [-0.3, -0.25) is 4.79 Å². The van der Waals surface area contributed by atoms with Crippen LogP contribution in [0, 0.1) is 6.92 Å². The quantitative estimate of drug-likeness (QED) is 0.845. The van der Waals surface area contributed by atoms with Gasteiger partial charge in [-0.15, -0.1) is 11.3 Å². The molecule has 1 aromatic heterocycles. The number of rotatable bonds is 2. The number of benzene rings is 1. The van der Waals surface area contributed by atoms with Crippen molar-refractivity contribution >= 4 is 17.2 Å². The van der Waals surface area contributed by atoms with Crippen LogP contribution in [-0.4, -0.2) is 13.0 Å². The van der Waals surface area contributed by atoms with Gasteiger partial charge in [0.1, 0.15) is 0 Å². The Bertz CT molecular complexity index is 516. The van der Waals surface area contributed by atoms with Gasteiger partial charge in [0.05, 0.1) is 4.88 Å². The molecule has 3 heteroatoms. The van der Waals surface area contributed by atoms with Gasteiger partial charge in [-0.05, 0) is 24.6 Å². The molecular weight excluding hydrogens is 218 g/mol. The van der Waals surface area contributed by atoms with Crippen LogP contribution >= 0.6 is 11.3 Å². The van der Waals surface area contributed by atoms with Gasteiger partial charge in [0.15, 0.2) is 0 Å². The average molecular weight is 231 g/mol. The van der Waals surface area contributed by atoms with E-state index in [-0.39, 0.29) is 5.91 Å². The summed E-state index contributed by atoms with van der Waals surface area (Å²) in [5.41, 5.74) is 2.40. The molecule has 0 spiro atoms. The molecule has 2 aromatic rings. The first-order valence-corrected chi connectivity index (χ1v) is 5.91. The van der Waals surface area contributed by atoms with E-state index in [0.29, 0.717) is 0 Å². The van der Waals surface area contributed by atoms with E-state index in [0.717, 1.165) is 9.75 Å². The van der Waals surface area contributed by atoms with E-state index < -0.39 is 0 Å². The van der Waals surface area contributed by atoms with Gasteiger partial charge in [-0.1, -0.05) is 29.8 Å². The van der Waals surface area contributed by atoms with Gasteiger partial charge in [0.25, 0.3) is 5.91 Å². The smallest absolute Gasteiger partial charge is 0.261 e. The first kappa shape index (κ1) is 10.9. The van der Waals surface area contributed by atoms with Gasteiger partial charge in [-0.2, -0.15) is 0 Å². The van der Waals surface area contributed by atoms with Crippen molar-refractivity contribution in [2.24, 2.45) is 0 Å². The zero-order valence-electron chi connectivity index (χ0n) is 9.28. The van der Waals surface area contributed by atoms with Crippen molar-refractivity contribution in [3.05, 3.63) is 46.8 Å². The molecule has 0 aliphatic heterocycles. The largest absolute Gasteiger partial charge is 0.354 e. The summed E-state index contributed by atoms with van der Waals surface area (Å²) < 4.78 is 0. The lowest BCUT2D eigenvalue weighted by Gasteiger charge is -1.98. The monoisotopic (exact) mass is 231 g/mol. The van der Waals surface area contributed by atoms with E-state index in [1.165, 1.54) is 22.5 Å². The van der Waals surface area contributed by atoms with Crippen molar-refractivity contribution in [2.45, 2.75) is 6.92 Å². The van der Waals surface area contributed by atoms with E-state index in [1.807, 2.05) is 18.2 Å². The summed E-state index contributed by atoms with van der Waals surface area (Å²) in [6.45, 7) is 2.07. The molecule has 0 aliphatic carbocycles. The fourth-order valence-electron chi connectivity index (χ4n) is 1.54. The van der Waals surface area contributed by atoms with Crippen LogP contribution in [0.2, 0.25) is 0 Å². The van der Waals surface area contributed by atoms with Crippen LogP contribution in [0.25, 0.3) is 10.4 Å². The minimum atomic E-state index is -0.0242. The SMILES string of the molecule is CNC(=O)c1ccc(-c2cccc(C)c2)s1. The number of hydrogen-bond donors (Lipinski definition) is 1. The molecule has 0 aliphatic rings. The highest BCUT2D eigenvalue weighted by Crippen LogP contribution is 2.28. The zero-order chi connectivity index (χ0) is 11.5. The Morgan fingerprint density at radius 1 is 1.25 bits per heavy atom. The summed E-state index contributed by atoms with van der Waals surface area (Å²) >= 11 is 1.52. The molecule has 82 valence electrons. The van der Waals surface area contributed by atoms with Crippen LogP contribution in [0.15, 0.2) is 36.4 Å². The third kappa shape index (κ3) is 2.14. The van der Waals surface area contributed by atoms with Gasteiger partial charge in [0.2, 0.25) is 0 Å². The van der Waals surface area contributed by atoms with Crippen molar-refractivity contribution in [1.29, 1.82) is 0 Å². The second-order valence-corrected chi connectivity index (χ2v) is 4.70. The molecule has 1 heterocycles. The summed E-state index contributed by atoms with van der Waals surface area (Å²) in [6.07, 6.45) is 0. The van der Waals surface area contributed by atoms with Gasteiger partial charge >= 0.3 is 0 Å². The van der Waals surface area contributed by atoms with E-state index in [2.05, 4.69) is 30.4 Å². The molecule has 0 unspecified atom stereocenters. The predicted octanol–water partition coefficient (Wildman–Crippen LogP) is 3.08. The van der Waals surface area contributed by atoms with Crippen LogP contribution in [0.1, 0.15) is 15.2 Å². The van der Waals surface area contributed by atoms with Crippen molar-refractivity contribution < 1.29 is 4.79 Å². The maximum Gasteiger partial charge on any atom is 0.261 e. The number of hydrogen-bond acceptors (Lipinski definition) is 2. The first-order valence-electron chi connectivity index (χ1n) is 5.09. The number of thiophene rings is 1. The lowest BCUT2D eigenvalue weighted by atomic mass is 10.1. The molecule has 0 radical (unpaired) electrons. The summed E-state index contributed by atoms with van der Waals surface area (Å²) in [5, 5.41) is 2.63. The van der Waals surface area contributed by atoms with Gasteiger partial charge < -0.3 is 5.32 Å². The highest BCUT2D eigenvalue weighted by Gasteiger charge is 2.08. The molecule has 0 saturated heterocycles. The average Bonchev–Trinajstić information content (AvgIpc) is 2.77. The summed E-state index contributed by atoms with van der Waals surface area (Å²) in [4.78, 5) is 13.3. The minimum absolute atomic E-state index is 0.0242. The highest BCUT2D eigenvalue weighted by molar-refractivity contribution is 7.17. The van der Waals surface area contributed by atoms with Crippen LogP contribution in [0.3, 0.4) is 0 Å². The van der Waals surface area contributed by atoms with Crippen LogP contribution in [0.4, 0.5) is 0 Å². The Morgan fingerprint density at radius 2 is 2.06 bits per heavy atom. The van der Waals surface area contributed by atoms with E-state index in [4.69, 9.17) is 0 Å². The summed E-state index contributed by atoms with van der Waals surface area (Å²) in [5.74, 6) is -0.0242. The van der Waals surface area contributed by atoms with Crippen LogP contribution < -0.4 is 5.32 Å². The van der Waals surface area contributed by atoms with Crippen molar-refractivity contribution in [3.8, 4) is 10.4 Å². The fourth-order valence-corrected chi connectivity index (χ4v) is 2.49. The number of amides is 1. The highest BCUT2D eigenvalue weighted by atomic mass is 32.1. The van der Waals surface area contributed by atoms with E-state index >= 15 is 0 Å². The summed E-state index contributed by atoms with van der Waals surface area (Å²) in [6, 6.07) is 12.1. The third-order valence-electron chi connectivity index (χ3n) is 2.36. The van der Waals surface area contributed by atoms with Crippen LogP contribution in [0.5, 0.6) is 0 Å². The molecular formula is C13H13NOS. The van der Waals surface area contributed by atoms with Crippen molar-refractivity contribution in [1.82, 2.24) is 5.32 Å². The topological polar surface area (TPSA) is 29.1 Å². The van der Waals surface area contributed by atoms with Crippen LogP contribution in [-0.2, 0) is 0 Å². The van der Waals surface area contributed by atoms with Gasteiger partial charge in [0, 0.05) is 11.9 Å². The molecule has 1 amide bonds. The van der Waals surface area contributed by atoms with Crippen molar-refractivity contribution in [3.63, 3.8) is 0 Å². The molecule has 0 fully saturated rings. The van der Waals surface area contributed by atoms with Crippen molar-refractivity contribution in [2.75, 3.05) is 7.05 Å². The van der Waals surface area contributed by atoms with E-state index in [1.54, 1.807) is 7.05 Å². The molecule has 2 rings (SSSR count). The first-order chi connectivity index (χ1) is 7.70. The second kappa shape index (κ2) is 4.49. The molecule has 0 bridgehead atoms. The molecule has 0 saturated carbocycles. The number of carbonyl (C=O) groups excluding carboxylic acids is 1. The maximum atomic E-state index is 11.4. The minimum Gasteiger partial charge on any atom is -0.354 e. The number of nitrogens with one attached hydrogen (secondary N) is 1. The maximum absolute atomic E-state index is 11.4. The lowest BCUT2D eigenvalue weighted by Crippen LogP contribution is -2.15. The Kier molecular flexibility index (Phi) is 3.06. The fraction of sp³-hybridized carbons (Fsp3) is 0.154. The molecule has 1 N–H and O–H groups in total. The van der Waals surface area contributed by atoms with E-state index in [9.17, 15) is 4.79 Å². The standard InChI is InChI=1S/C13H13NOS/c1-9-4-3-5-10(8-9)11-6-7-12(16-11)13(15)14-2/h3-8H,1-2H3,(H,14,15). The summed E-state index contributed by atoms with van der Waals surface area (Å²) in [7, 11) is 1.65. The molecule has 0 atom stereocenters. The molecule has 2 nitrogen and oxygen atoms in total. The molecule has 1 aromatic carbocycles. The second-order valence-electron chi connectivity index (χ2n) is 3.61. The zero-order valence-corrected chi connectivity index (χ0v) is 10.1. The molecule has 16 heavy (non-hydrogen) atoms. The van der Waals surface area contributed by atoms with Gasteiger partial charge in [-0.25, -0.2) is 0 Å². The number of aryl methyl sites for hydroxylation is 1. The Hall–Kier alpha value is -1.61. The Morgan fingerprint density at radius 3 is 2.75 bits per heavy atom.